The summed E-state index contributed by atoms with van der Waals surface area (Å²) < 4.78 is 0. The zero-order valence-electron chi connectivity index (χ0n) is 13.1. The molecule has 1 saturated heterocycles. The van der Waals surface area contributed by atoms with Crippen LogP contribution in [0.3, 0.4) is 0 Å². The van der Waals surface area contributed by atoms with Gasteiger partial charge in [0.15, 0.2) is 0 Å². The molecule has 0 aromatic carbocycles. The first-order chi connectivity index (χ1) is 8.99. The zero-order valence-corrected chi connectivity index (χ0v) is 13.1. The van der Waals surface area contributed by atoms with Crippen molar-refractivity contribution in [3.8, 4) is 0 Å². The van der Waals surface area contributed by atoms with Gasteiger partial charge in [-0.25, -0.2) is 0 Å². The molecule has 1 heterocycles. The summed E-state index contributed by atoms with van der Waals surface area (Å²) in [6, 6.07) is 0. The molecule has 1 aliphatic rings. The van der Waals surface area contributed by atoms with E-state index in [4.69, 9.17) is 5.73 Å². The lowest BCUT2D eigenvalue weighted by molar-refractivity contribution is -0.140. The van der Waals surface area contributed by atoms with E-state index in [1.807, 2.05) is 4.90 Å². The summed E-state index contributed by atoms with van der Waals surface area (Å²) >= 11 is 0. The SMILES string of the molecule is CCCCCCCCCC(=O)N1CC(N)(C(C)C)C1. The van der Waals surface area contributed by atoms with E-state index in [9.17, 15) is 4.79 Å². The van der Waals surface area contributed by atoms with Gasteiger partial charge in [-0.05, 0) is 12.3 Å². The molecule has 0 aliphatic carbocycles. The lowest BCUT2D eigenvalue weighted by atomic mass is 9.80. The average molecular weight is 268 g/mol. The Morgan fingerprint density at radius 1 is 1.11 bits per heavy atom. The van der Waals surface area contributed by atoms with E-state index in [1.54, 1.807) is 0 Å². The van der Waals surface area contributed by atoms with E-state index in [0.717, 1.165) is 19.5 Å². The molecule has 0 radical (unpaired) electrons. The van der Waals surface area contributed by atoms with E-state index < -0.39 is 0 Å². The predicted octanol–water partition coefficient (Wildman–Crippen LogP) is 3.32. The van der Waals surface area contributed by atoms with Crippen LogP contribution in [0.25, 0.3) is 0 Å². The molecule has 0 aromatic heterocycles. The van der Waals surface area contributed by atoms with Crippen LogP contribution >= 0.6 is 0 Å². The Labute approximate surface area is 118 Å². The van der Waals surface area contributed by atoms with Gasteiger partial charge in [0.25, 0.3) is 0 Å². The molecule has 0 spiro atoms. The Morgan fingerprint density at radius 3 is 2.16 bits per heavy atom. The summed E-state index contributed by atoms with van der Waals surface area (Å²) in [4.78, 5) is 13.9. The molecule has 2 N–H and O–H groups in total. The van der Waals surface area contributed by atoms with E-state index >= 15 is 0 Å². The predicted molar refractivity (Wildman–Crippen MR) is 80.9 cm³/mol. The number of rotatable bonds is 9. The molecule has 1 aliphatic heterocycles. The molecule has 3 nitrogen and oxygen atoms in total. The van der Waals surface area contributed by atoms with Crippen LogP contribution < -0.4 is 5.73 Å². The van der Waals surface area contributed by atoms with E-state index in [-0.39, 0.29) is 5.54 Å². The second-order valence-electron chi connectivity index (χ2n) is 6.51. The van der Waals surface area contributed by atoms with Crippen LogP contribution in [0.4, 0.5) is 0 Å². The fraction of sp³-hybridized carbons (Fsp3) is 0.938. The van der Waals surface area contributed by atoms with Crippen LogP contribution in [0.2, 0.25) is 0 Å². The van der Waals surface area contributed by atoms with Crippen LogP contribution in [0.5, 0.6) is 0 Å². The highest BCUT2D eigenvalue weighted by molar-refractivity contribution is 5.77. The van der Waals surface area contributed by atoms with Crippen LogP contribution in [0.1, 0.15) is 72.1 Å². The number of hydrogen-bond acceptors (Lipinski definition) is 2. The summed E-state index contributed by atoms with van der Waals surface area (Å²) in [5.41, 5.74) is 6.07. The highest BCUT2D eigenvalue weighted by Crippen LogP contribution is 2.26. The van der Waals surface area contributed by atoms with Crippen LogP contribution in [0, 0.1) is 5.92 Å². The molecular weight excluding hydrogens is 236 g/mol. The molecule has 0 aromatic rings. The fourth-order valence-electron chi connectivity index (χ4n) is 2.60. The molecule has 1 fully saturated rings. The van der Waals surface area contributed by atoms with Gasteiger partial charge in [-0.2, -0.15) is 0 Å². The summed E-state index contributed by atoms with van der Waals surface area (Å²) in [6.07, 6.45) is 9.54. The second-order valence-corrected chi connectivity index (χ2v) is 6.51. The van der Waals surface area contributed by atoms with Crippen LogP contribution in [-0.4, -0.2) is 29.4 Å². The van der Waals surface area contributed by atoms with Gasteiger partial charge in [0, 0.05) is 19.5 Å². The second kappa shape index (κ2) is 7.88. The third kappa shape index (κ3) is 5.13. The topological polar surface area (TPSA) is 46.3 Å². The largest absolute Gasteiger partial charge is 0.339 e. The lowest BCUT2D eigenvalue weighted by Gasteiger charge is -2.50. The Hall–Kier alpha value is -0.570. The standard InChI is InChI=1S/C16H32N2O/c1-4-5-6-7-8-9-10-11-15(19)18-12-16(17,13-18)14(2)3/h14H,4-13,17H2,1-3H3. The number of nitrogens with zero attached hydrogens (tertiary/aromatic N) is 1. The molecule has 0 saturated carbocycles. The molecule has 19 heavy (non-hydrogen) atoms. The Kier molecular flexibility index (Phi) is 6.84. The quantitative estimate of drug-likeness (QED) is 0.652. The number of amides is 1. The first-order valence-corrected chi connectivity index (χ1v) is 8.06. The number of unbranched alkanes of at least 4 members (excludes halogenated alkanes) is 6. The van der Waals surface area contributed by atoms with Gasteiger partial charge in [0.05, 0.1) is 5.54 Å². The molecule has 0 bridgehead atoms. The smallest absolute Gasteiger partial charge is 0.222 e. The number of hydrogen-bond donors (Lipinski definition) is 1. The van der Waals surface area contributed by atoms with E-state index in [1.165, 1.54) is 38.5 Å². The van der Waals surface area contributed by atoms with E-state index in [0.29, 0.717) is 18.2 Å². The maximum atomic E-state index is 11.9. The zero-order chi connectivity index (χ0) is 14.3. The molecule has 112 valence electrons. The van der Waals surface area contributed by atoms with Gasteiger partial charge in [-0.3, -0.25) is 4.79 Å². The van der Waals surface area contributed by atoms with Gasteiger partial charge >= 0.3 is 0 Å². The minimum Gasteiger partial charge on any atom is -0.339 e. The van der Waals surface area contributed by atoms with Crippen molar-refractivity contribution in [1.82, 2.24) is 4.90 Å². The molecule has 0 atom stereocenters. The van der Waals surface area contributed by atoms with Crippen molar-refractivity contribution < 1.29 is 4.79 Å². The first kappa shape index (κ1) is 16.5. The van der Waals surface area contributed by atoms with Crippen molar-refractivity contribution >= 4 is 5.91 Å². The van der Waals surface area contributed by atoms with Crippen LogP contribution in [0.15, 0.2) is 0 Å². The molecule has 3 heteroatoms. The van der Waals surface area contributed by atoms with Crippen molar-refractivity contribution in [3.63, 3.8) is 0 Å². The Morgan fingerprint density at radius 2 is 1.63 bits per heavy atom. The van der Waals surface area contributed by atoms with Crippen molar-refractivity contribution in [1.29, 1.82) is 0 Å². The van der Waals surface area contributed by atoms with Crippen molar-refractivity contribution in [3.05, 3.63) is 0 Å². The van der Waals surface area contributed by atoms with Crippen molar-refractivity contribution in [2.24, 2.45) is 11.7 Å². The van der Waals surface area contributed by atoms with Gasteiger partial charge in [-0.1, -0.05) is 59.3 Å². The number of carbonyl (C=O) groups excluding carboxylic acids is 1. The Bertz CT molecular complexity index is 270. The average Bonchev–Trinajstić information content (AvgIpc) is 2.33. The van der Waals surface area contributed by atoms with Gasteiger partial charge in [0.2, 0.25) is 5.91 Å². The number of likely N-dealkylation sites (tertiary alicyclic amines) is 1. The maximum Gasteiger partial charge on any atom is 0.222 e. The third-order valence-corrected chi connectivity index (χ3v) is 4.47. The van der Waals surface area contributed by atoms with Crippen molar-refractivity contribution in [2.45, 2.75) is 77.7 Å². The minimum absolute atomic E-state index is 0.129. The summed E-state index contributed by atoms with van der Waals surface area (Å²) in [7, 11) is 0. The molecule has 1 amide bonds. The lowest BCUT2D eigenvalue weighted by Crippen LogP contribution is -2.71. The molecule has 1 rings (SSSR count). The number of carbonyl (C=O) groups is 1. The Balaban J connectivity index is 2.01. The van der Waals surface area contributed by atoms with Gasteiger partial charge in [0.1, 0.15) is 0 Å². The summed E-state index contributed by atoms with van der Waals surface area (Å²) in [6.45, 7) is 8.01. The monoisotopic (exact) mass is 268 g/mol. The third-order valence-electron chi connectivity index (χ3n) is 4.47. The minimum atomic E-state index is -0.129. The summed E-state index contributed by atoms with van der Waals surface area (Å²) in [5.74, 6) is 0.755. The van der Waals surface area contributed by atoms with Gasteiger partial charge < -0.3 is 10.6 Å². The van der Waals surface area contributed by atoms with Gasteiger partial charge in [-0.15, -0.1) is 0 Å². The maximum absolute atomic E-state index is 11.9. The normalized spacial score (nSPS) is 17.6. The van der Waals surface area contributed by atoms with Crippen LogP contribution in [-0.2, 0) is 4.79 Å². The molecular formula is C16H32N2O. The first-order valence-electron chi connectivity index (χ1n) is 8.06. The highest BCUT2D eigenvalue weighted by atomic mass is 16.2. The fourth-order valence-corrected chi connectivity index (χ4v) is 2.60. The molecule has 0 unspecified atom stereocenters. The van der Waals surface area contributed by atoms with Crippen molar-refractivity contribution in [2.75, 3.05) is 13.1 Å². The highest BCUT2D eigenvalue weighted by Gasteiger charge is 2.43. The number of nitrogens with two attached hydrogens (primary N) is 1. The van der Waals surface area contributed by atoms with E-state index in [2.05, 4.69) is 20.8 Å². The summed E-state index contributed by atoms with van der Waals surface area (Å²) in [5, 5.41) is 0.